The molecule has 248 valence electrons. The minimum atomic E-state index is 0.612. The van der Waals surface area contributed by atoms with E-state index in [1.54, 1.807) is 0 Å². The lowest BCUT2D eigenvalue weighted by molar-refractivity contribution is 0.623. The lowest BCUT2D eigenvalue weighted by Gasteiger charge is -2.26. The third-order valence-electron chi connectivity index (χ3n) is 10.4. The molecule has 0 saturated carbocycles. The van der Waals surface area contributed by atoms with Gasteiger partial charge in [-0.3, -0.25) is 0 Å². The van der Waals surface area contributed by atoms with Crippen LogP contribution in [0.25, 0.3) is 87.9 Å². The first-order valence-corrected chi connectivity index (χ1v) is 17.9. The van der Waals surface area contributed by atoms with Gasteiger partial charge < -0.3 is 13.7 Å². The largest absolute Gasteiger partial charge is 0.456 e. The number of hydrogen-bond donors (Lipinski definition) is 0. The minimum absolute atomic E-state index is 0.612. The maximum Gasteiger partial charge on any atom is 0.227 e. The fraction of sp³-hybridized carbons (Fsp3) is 0. The summed E-state index contributed by atoms with van der Waals surface area (Å²) in [6.45, 7) is 0. The van der Waals surface area contributed by atoms with Crippen LogP contribution in [0.2, 0.25) is 0 Å². The molecule has 0 N–H and O–H groups in total. The number of hydrogen-bond acceptors (Lipinski definition) is 4. The molecular weight excluding hydrogens is 649 g/mol. The van der Waals surface area contributed by atoms with E-state index < -0.39 is 0 Å². The number of furan rings is 1. The van der Waals surface area contributed by atoms with Crippen molar-refractivity contribution in [3.63, 3.8) is 0 Å². The van der Waals surface area contributed by atoms with Gasteiger partial charge in [-0.15, -0.1) is 0 Å². The van der Waals surface area contributed by atoms with E-state index in [1.807, 2.05) is 42.5 Å². The molecule has 4 nitrogen and oxygen atoms in total. The summed E-state index contributed by atoms with van der Waals surface area (Å²) in [4.78, 5) is 7.29. The number of oxazole rings is 1. The highest BCUT2D eigenvalue weighted by Gasteiger charge is 2.20. The lowest BCUT2D eigenvalue weighted by atomic mass is 9.92. The normalized spacial score (nSPS) is 11.8. The fourth-order valence-electron chi connectivity index (χ4n) is 7.93. The molecule has 2 aromatic heterocycles. The Labute approximate surface area is 304 Å². The van der Waals surface area contributed by atoms with E-state index in [2.05, 4.69) is 144 Å². The Kier molecular flexibility index (Phi) is 6.52. The van der Waals surface area contributed by atoms with Crippen LogP contribution in [-0.2, 0) is 0 Å². The highest BCUT2D eigenvalue weighted by atomic mass is 16.3. The number of para-hydroxylation sites is 1. The van der Waals surface area contributed by atoms with Gasteiger partial charge in [-0.25, -0.2) is 4.98 Å². The summed E-state index contributed by atoms with van der Waals surface area (Å²) in [6.07, 6.45) is 0. The van der Waals surface area contributed by atoms with Crippen molar-refractivity contribution in [2.75, 3.05) is 4.90 Å². The lowest BCUT2D eigenvalue weighted by Crippen LogP contribution is -2.10. The summed E-state index contributed by atoms with van der Waals surface area (Å²) < 4.78 is 13.1. The Balaban J connectivity index is 1.20. The summed E-state index contributed by atoms with van der Waals surface area (Å²) in [5.41, 5.74) is 9.71. The summed E-state index contributed by atoms with van der Waals surface area (Å²) >= 11 is 0. The third kappa shape index (κ3) is 4.80. The van der Waals surface area contributed by atoms with E-state index >= 15 is 0 Å². The van der Waals surface area contributed by atoms with Crippen molar-refractivity contribution in [3.8, 4) is 22.6 Å². The van der Waals surface area contributed by atoms with Crippen molar-refractivity contribution < 1.29 is 8.83 Å². The number of rotatable bonds is 5. The quantitative estimate of drug-likeness (QED) is 0.170. The molecule has 0 aliphatic carbocycles. The predicted molar refractivity (Wildman–Crippen MR) is 219 cm³/mol. The molecule has 0 fully saturated rings. The van der Waals surface area contributed by atoms with Gasteiger partial charge in [-0.1, -0.05) is 109 Å². The Morgan fingerprint density at radius 3 is 1.89 bits per heavy atom. The molecule has 11 aromatic rings. The second kappa shape index (κ2) is 11.7. The van der Waals surface area contributed by atoms with Crippen LogP contribution >= 0.6 is 0 Å². The number of nitrogens with zero attached hydrogens (tertiary/aromatic N) is 2. The van der Waals surface area contributed by atoms with Gasteiger partial charge >= 0.3 is 0 Å². The van der Waals surface area contributed by atoms with Crippen molar-refractivity contribution in [1.82, 2.24) is 4.98 Å². The summed E-state index contributed by atoms with van der Waals surface area (Å²) in [5, 5.41) is 8.96. The number of fused-ring (bicyclic) bond motifs is 9. The molecule has 53 heavy (non-hydrogen) atoms. The fourth-order valence-corrected chi connectivity index (χ4v) is 7.93. The van der Waals surface area contributed by atoms with Gasteiger partial charge in [0.25, 0.3) is 0 Å². The first kappa shape index (κ1) is 29.5. The molecule has 0 aliphatic rings. The van der Waals surface area contributed by atoms with Crippen molar-refractivity contribution in [1.29, 1.82) is 0 Å². The first-order valence-electron chi connectivity index (χ1n) is 17.9. The van der Waals surface area contributed by atoms with Crippen molar-refractivity contribution >= 4 is 82.4 Å². The molecule has 0 bridgehead atoms. The van der Waals surface area contributed by atoms with Gasteiger partial charge in [0.15, 0.2) is 5.58 Å². The van der Waals surface area contributed by atoms with Gasteiger partial charge in [0.1, 0.15) is 16.7 Å². The molecule has 0 radical (unpaired) electrons. The summed E-state index contributed by atoms with van der Waals surface area (Å²) in [6, 6.07) is 64.0. The van der Waals surface area contributed by atoms with E-state index in [4.69, 9.17) is 13.8 Å². The summed E-state index contributed by atoms with van der Waals surface area (Å²) in [7, 11) is 0. The molecule has 0 unspecified atom stereocenters. The van der Waals surface area contributed by atoms with E-state index in [9.17, 15) is 0 Å². The Bertz CT molecular complexity index is 3180. The second-order valence-corrected chi connectivity index (χ2v) is 13.6. The molecule has 0 aliphatic heterocycles. The molecule has 4 heteroatoms. The zero-order valence-corrected chi connectivity index (χ0v) is 28.5. The van der Waals surface area contributed by atoms with Gasteiger partial charge in [-0.2, -0.15) is 0 Å². The smallest absolute Gasteiger partial charge is 0.227 e. The van der Waals surface area contributed by atoms with Crippen molar-refractivity contribution in [3.05, 3.63) is 182 Å². The topological polar surface area (TPSA) is 42.4 Å². The van der Waals surface area contributed by atoms with Crippen LogP contribution in [0.1, 0.15) is 0 Å². The number of benzene rings is 9. The first-order chi connectivity index (χ1) is 26.2. The molecule has 2 heterocycles. The molecule has 9 aromatic carbocycles. The third-order valence-corrected chi connectivity index (χ3v) is 10.4. The van der Waals surface area contributed by atoms with Gasteiger partial charge in [0.05, 0.1) is 0 Å². The van der Waals surface area contributed by atoms with Gasteiger partial charge in [-0.05, 0) is 105 Å². The Hall–Kier alpha value is -7.17. The maximum atomic E-state index is 6.68. The average Bonchev–Trinajstić information content (AvgIpc) is 3.83. The minimum Gasteiger partial charge on any atom is -0.456 e. The van der Waals surface area contributed by atoms with Crippen LogP contribution in [-0.4, -0.2) is 4.98 Å². The van der Waals surface area contributed by atoms with Crippen LogP contribution in [0.15, 0.2) is 191 Å². The highest BCUT2D eigenvalue weighted by molar-refractivity contribution is 6.22. The van der Waals surface area contributed by atoms with Crippen LogP contribution < -0.4 is 4.90 Å². The standard InChI is InChI=1S/C49H30N2O2/c1-3-12-32(13-4-1)42-28-35-20-26-44-48(53-49(50-44)33-14-5-2-6-15-33)47(35)43-29-37(22-24-39(42)43)51(36-21-19-31-11-7-8-16-34(31)27-36)38-23-25-41-40-17-9-10-18-45(40)52-46(41)30-38/h1-30H. The zero-order valence-electron chi connectivity index (χ0n) is 28.5. The van der Waals surface area contributed by atoms with E-state index in [0.29, 0.717) is 5.89 Å². The zero-order chi connectivity index (χ0) is 34.9. The predicted octanol–water partition coefficient (Wildman–Crippen LogP) is 14.0. The second-order valence-electron chi connectivity index (χ2n) is 13.6. The van der Waals surface area contributed by atoms with Crippen LogP contribution in [0.4, 0.5) is 17.1 Å². The van der Waals surface area contributed by atoms with Gasteiger partial charge in [0, 0.05) is 44.9 Å². The Morgan fingerprint density at radius 2 is 1.04 bits per heavy atom. The molecule has 0 amide bonds. The molecule has 0 atom stereocenters. The Morgan fingerprint density at radius 1 is 0.396 bits per heavy atom. The molecule has 11 rings (SSSR count). The van der Waals surface area contributed by atoms with Crippen molar-refractivity contribution in [2.24, 2.45) is 0 Å². The van der Waals surface area contributed by atoms with E-state index in [1.165, 1.54) is 16.3 Å². The average molecular weight is 679 g/mol. The highest BCUT2D eigenvalue weighted by Crippen LogP contribution is 2.44. The number of anilines is 3. The van der Waals surface area contributed by atoms with Crippen LogP contribution in [0, 0.1) is 0 Å². The molecular formula is C49H30N2O2. The summed E-state index contributed by atoms with van der Waals surface area (Å²) in [5.74, 6) is 0.612. The van der Waals surface area contributed by atoms with Crippen LogP contribution in [0.3, 0.4) is 0 Å². The van der Waals surface area contributed by atoms with Crippen molar-refractivity contribution in [2.45, 2.75) is 0 Å². The monoisotopic (exact) mass is 678 g/mol. The SMILES string of the molecule is c1ccc(-c2nc3ccc4cc(-c5ccccc5)c5ccc(N(c6ccc7ccccc7c6)c6ccc7c(c6)oc6ccccc67)cc5c4c3o2)cc1. The van der Waals surface area contributed by atoms with E-state index in [-0.39, 0.29) is 0 Å². The number of aromatic nitrogens is 1. The maximum absolute atomic E-state index is 6.68. The van der Waals surface area contributed by atoms with Gasteiger partial charge in [0.2, 0.25) is 5.89 Å². The molecule has 0 spiro atoms. The molecule has 0 saturated heterocycles. The van der Waals surface area contributed by atoms with E-state index in [0.717, 1.165) is 82.8 Å². The van der Waals surface area contributed by atoms with Crippen LogP contribution in [0.5, 0.6) is 0 Å².